The average Bonchev–Trinajstić information content (AvgIpc) is 2.28. The zero-order chi connectivity index (χ0) is 10.7. The number of hydrogen-bond acceptors (Lipinski definition) is 3. The third kappa shape index (κ3) is 2.85. The summed E-state index contributed by atoms with van der Waals surface area (Å²) in [5.41, 5.74) is 7.07. The summed E-state index contributed by atoms with van der Waals surface area (Å²) in [6.45, 7) is 3.65. The Bertz CT molecular complexity index is 330. The fraction of sp³-hybridized carbons (Fsp3) is 0.556. The summed E-state index contributed by atoms with van der Waals surface area (Å²) < 4.78 is 1.66. The summed E-state index contributed by atoms with van der Waals surface area (Å²) in [5.74, 6) is -0.0731. The highest BCUT2D eigenvalue weighted by molar-refractivity contribution is 5.91. The van der Waals surface area contributed by atoms with Crippen LogP contribution in [0.4, 0.5) is 5.69 Å². The van der Waals surface area contributed by atoms with E-state index < -0.39 is 0 Å². The quantitative estimate of drug-likeness (QED) is 0.735. The highest BCUT2D eigenvalue weighted by atomic mass is 16.1. The van der Waals surface area contributed by atoms with E-state index in [-0.39, 0.29) is 11.9 Å². The van der Waals surface area contributed by atoms with Gasteiger partial charge < -0.3 is 11.1 Å². The number of carbonyl (C=O) groups is 1. The molecule has 0 aliphatic heterocycles. The Kier molecular flexibility index (Phi) is 3.24. The third-order valence-corrected chi connectivity index (χ3v) is 1.79. The molecule has 0 radical (unpaired) electrons. The Morgan fingerprint density at radius 3 is 2.86 bits per heavy atom. The number of aromatic nitrogens is 2. The molecule has 0 saturated heterocycles. The molecule has 1 rings (SSSR count). The molecule has 0 spiro atoms. The van der Waals surface area contributed by atoms with Crippen LogP contribution in [-0.2, 0) is 11.8 Å². The van der Waals surface area contributed by atoms with Crippen molar-refractivity contribution in [1.82, 2.24) is 9.78 Å². The van der Waals surface area contributed by atoms with Crippen LogP contribution in [0.5, 0.6) is 0 Å². The maximum Gasteiger partial charge on any atom is 0.226 e. The first-order chi connectivity index (χ1) is 6.49. The first-order valence-electron chi connectivity index (χ1n) is 4.54. The second kappa shape index (κ2) is 4.23. The van der Waals surface area contributed by atoms with Crippen LogP contribution in [0.2, 0.25) is 0 Å². The van der Waals surface area contributed by atoms with Gasteiger partial charge in [-0.1, -0.05) is 0 Å². The van der Waals surface area contributed by atoms with Crippen molar-refractivity contribution < 1.29 is 4.79 Å². The van der Waals surface area contributed by atoms with Crippen LogP contribution in [0.15, 0.2) is 6.20 Å². The fourth-order valence-electron chi connectivity index (χ4n) is 1.22. The minimum absolute atomic E-state index is 0.0731. The Labute approximate surface area is 83.3 Å². The van der Waals surface area contributed by atoms with Crippen LogP contribution in [0, 0.1) is 6.92 Å². The number of nitrogens with zero attached hydrogens (tertiary/aromatic N) is 2. The van der Waals surface area contributed by atoms with Gasteiger partial charge in [0.05, 0.1) is 11.4 Å². The van der Waals surface area contributed by atoms with Crippen LogP contribution < -0.4 is 11.1 Å². The molecule has 1 atom stereocenters. The molecule has 1 aromatic rings. The minimum atomic E-state index is -0.119. The number of anilines is 1. The number of aryl methyl sites for hydroxylation is 2. The predicted molar refractivity (Wildman–Crippen MR) is 54.8 cm³/mol. The Morgan fingerprint density at radius 1 is 1.79 bits per heavy atom. The lowest BCUT2D eigenvalue weighted by atomic mass is 10.2. The molecule has 0 aromatic carbocycles. The molecule has 78 valence electrons. The van der Waals surface area contributed by atoms with Crippen molar-refractivity contribution in [3.05, 3.63) is 11.9 Å². The lowest BCUT2D eigenvalue weighted by Crippen LogP contribution is -2.24. The number of nitrogens with two attached hydrogens (primary N) is 1. The zero-order valence-electron chi connectivity index (χ0n) is 8.74. The van der Waals surface area contributed by atoms with Crippen molar-refractivity contribution >= 4 is 11.6 Å². The standard InChI is InChI=1S/C9H16N4O/c1-6(10)4-9(14)11-8-5-13(3)12-7(8)2/h5-6H,4,10H2,1-3H3,(H,11,14). The van der Waals surface area contributed by atoms with E-state index in [1.165, 1.54) is 0 Å². The monoisotopic (exact) mass is 196 g/mol. The van der Waals surface area contributed by atoms with Gasteiger partial charge in [0.2, 0.25) is 5.91 Å². The van der Waals surface area contributed by atoms with Gasteiger partial charge in [-0.25, -0.2) is 0 Å². The predicted octanol–water partition coefficient (Wildman–Crippen LogP) is 0.404. The maximum absolute atomic E-state index is 11.4. The van der Waals surface area contributed by atoms with E-state index >= 15 is 0 Å². The van der Waals surface area contributed by atoms with E-state index in [9.17, 15) is 4.79 Å². The number of amides is 1. The summed E-state index contributed by atoms with van der Waals surface area (Å²) in [4.78, 5) is 11.4. The molecule has 1 heterocycles. The van der Waals surface area contributed by atoms with Crippen molar-refractivity contribution in [3.63, 3.8) is 0 Å². The first-order valence-corrected chi connectivity index (χ1v) is 4.54. The third-order valence-electron chi connectivity index (χ3n) is 1.79. The SMILES string of the molecule is Cc1nn(C)cc1NC(=O)CC(C)N. The van der Waals surface area contributed by atoms with Crippen molar-refractivity contribution in [1.29, 1.82) is 0 Å². The molecule has 14 heavy (non-hydrogen) atoms. The summed E-state index contributed by atoms with van der Waals surface area (Å²) in [6, 6.07) is -0.119. The number of hydrogen-bond donors (Lipinski definition) is 2. The number of nitrogens with one attached hydrogen (secondary N) is 1. The van der Waals surface area contributed by atoms with E-state index in [4.69, 9.17) is 5.73 Å². The second-order valence-corrected chi connectivity index (χ2v) is 3.53. The number of carbonyl (C=O) groups excluding carboxylic acids is 1. The molecule has 0 saturated carbocycles. The smallest absolute Gasteiger partial charge is 0.226 e. The zero-order valence-corrected chi connectivity index (χ0v) is 8.74. The minimum Gasteiger partial charge on any atom is -0.327 e. The van der Waals surface area contributed by atoms with Crippen LogP contribution in [-0.4, -0.2) is 21.7 Å². The molecule has 5 heteroatoms. The normalized spacial score (nSPS) is 12.6. The van der Waals surface area contributed by atoms with E-state index in [0.29, 0.717) is 6.42 Å². The Balaban J connectivity index is 2.60. The Morgan fingerprint density at radius 2 is 2.43 bits per heavy atom. The Hall–Kier alpha value is -1.36. The fourth-order valence-corrected chi connectivity index (χ4v) is 1.22. The molecule has 0 aliphatic carbocycles. The average molecular weight is 196 g/mol. The van der Waals surface area contributed by atoms with Crippen molar-refractivity contribution in [2.24, 2.45) is 12.8 Å². The first kappa shape index (κ1) is 10.7. The topological polar surface area (TPSA) is 72.9 Å². The van der Waals surface area contributed by atoms with Crippen molar-refractivity contribution in [2.75, 3.05) is 5.32 Å². The molecule has 0 aliphatic rings. The van der Waals surface area contributed by atoms with E-state index in [2.05, 4.69) is 10.4 Å². The van der Waals surface area contributed by atoms with E-state index in [0.717, 1.165) is 11.4 Å². The summed E-state index contributed by atoms with van der Waals surface area (Å²) >= 11 is 0. The van der Waals surface area contributed by atoms with Gasteiger partial charge in [-0.3, -0.25) is 9.48 Å². The van der Waals surface area contributed by atoms with Gasteiger partial charge >= 0.3 is 0 Å². The van der Waals surface area contributed by atoms with Crippen LogP contribution in [0.25, 0.3) is 0 Å². The number of rotatable bonds is 3. The lowest BCUT2D eigenvalue weighted by Gasteiger charge is -2.05. The van der Waals surface area contributed by atoms with Crippen LogP contribution in [0.3, 0.4) is 0 Å². The summed E-state index contributed by atoms with van der Waals surface area (Å²) in [7, 11) is 1.81. The van der Waals surface area contributed by atoms with E-state index in [1.807, 2.05) is 14.0 Å². The highest BCUT2D eigenvalue weighted by Gasteiger charge is 2.08. The maximum atomic E-state index is 11.4. The molecule has 0 bridgehead atoms. The molecular weight excluding hydrogens is 180 g/mol. The van der Waals surface area contributed by atoms with Gasteiger partial charge in [-0.15, -0.1) is 0 Å². The largest absolute Gasteiger partial charge is 0.327 e. The lowest BCUT2D eigenvalue weighted by molar-refractivity contribution is -0.116. The highest BCUT2D eigenvalue weighted by Crippen LogP contribution is 2.11. The van der Waals surface area contributed by atoms with Crippen LogP contribution >= 0.6 is 0 Å². The molecule has 3 N–H and O–H groups in total. The van der Waals surface area contributed by atoms with Gasteiger partial charge in [0.25, 0.3) is 0 Å². The second-order valence-electron chi connectivity index (χ2n) is 3.53. The molecule has 1 aromatic heterocycles. The molecule has 0 fully saturated rings. The molecule has 5 nitrogen and oxygen atoms in total. The molecular formula is C9H16N4O. The summed E-state index contributed by atoms with van der Waals surface area (Å²) in [5, 5.41) is 6.87. The van der Waals surface area contributed by atoms with E-state index in [1.54, 1.807) is 17.8 Å². The van der Waals surface area contributed by atoms with Gasteiger partial charge in [-0.2, -0.15) is 5.10 Å². The van der Waals surface area contributed by atoms with Gasteiger partial charge in [0, 0.05) is 25.7 Å². The molecule has 1 unspecified atom stereocenters. The molecule has 1 amide bonds. The van der Waals surface area contributed by atoms with Crippen molar-refractivity contribution in [2.45, 2.75) is 26.3 Å². The van der Waals surface area contributed by atoms with Gasteiger partial charge in [0.15, 0.2) is 0 Å². The summed E-state index contributed by atoms with van der Waals surface area (Å²) in [6.07, 6.45) is 2.10. The van der Waals surface area contributed by atoms with Gasteiger partial charge in [0.1, 0.15) is 0 Å². The van der Waals surface area contributed by atoms with Gasteiger partial charge in [-0.05, 0) is 13.8 Å². The van der Waals surface area contributed by atoms with Crippen molar-refractivity contribution in [3.8, 4) is 0 Å². The van der Waals surface area contributed by atoms with Crippen LogP contribution in [0.1, 0.15) is 19.0 Å².